The van der Waals surface area contributed by atoms with Crippen molar-refractivity contribution in [1.82, 2.24) is 4.90 Å². The summed E-state index contributed by atoms with van der Waals surface area (Å²) in [4.78, 5) is 25.8. The molecule has 1 aromatic heterocycles. The molecule has 116 valence electrons. The zero-order chi connectivity index (χ0) is 15.9. The molecule has 0 saturated carbocycles. The van der Waals surface area contributed by atoms with Crippen LogP contribution in [0.2, 0.25) is 0 Å². The maximum Gasteiger partial charge on any atom is 0.308 e. The number of aliphatic carboxylic acids is 1. The molecule has 2 aromatic rings. The van der Waals surface area contributed by atoms with Crippen molar-refractivity contribution >= 4 is 33.3 Å². The van der Waals surface area contributed by atoms with Crippen molar-refractivity contribution in [1.29, 1.82) is 0 Å². The van der Waals surface area contributed by atoms with Gasteiger partial charge in [0.15, 0.2) is 0 Å². The van der Waals surface area contributed by atoms with Crippen molar-refractivity contribution in [3.8, 4) is 0 Å². The predicted octanol–water partition coefficient (Wildman–Crippen LogP) is 3.39. The van der Waals surface area contributed by atoms with Gasteiger partial charge < -0.3 is 10.0 Å². The number of carbonyl (C=O) groups is 2. The van der Waals surface area contributed by atoms with Gasteiger partial charge in [0.25, 0.3) is 5.91 Å². The van der Waals surface area contributed by atoms with E-state index in [1.165, 1.54) is 5.56 Å². The van der Waals surface area contributed by atoms with E-state index in [-0.39, 0.29) is 11.8 Å². The quantitative estimate of drug-likeness (QED) is 0.923. The van der Waals surface area contributed by atoms with Crippen molar-refractivity contribution in [2.24, 2.45) is 11.8 Å². The molecule has 1 N–H and O–H groups in total. The van der Waals surface area contributed by atoms with Gasteiger partial charge in [-0.15, -0.1) is 11.3 Å². The number of rotatable bonds is 2. The molecule has 2 atom stereocenters. The van der Waals surface area contributed by atoms with Gasteiger partial charge in [0.1, 0.15) is 0 Å². The molecular formula is C17H19NO3S. The predicted molar refractivity (Wildman–Crippen MR) is 87.4 cm³/mol. The van der Waals surface area contributed by atoms with Crippen LogP contribution < -0.4 is 0 Å². The maximum atomic E-state index is 12.8. The third-order valence-electron chi connectivity index (χ3n) is 4.26. The molecule has 0 aliphatic carbocycles. The van der Waals surface area contributed by atoms with Crippen LogP contribution >= 0.6 is 11.3 Å². The number of aryl methyl sites for hydroxylation is 1. The average Bonchev–Trinajstić information content (AvgIpc) is 2.88. The number of carbonyl (C=O) groups excluding carboxylic acids is 1. The first-order valence-corrected chi connectivity index (χ1v) is 8.33. The lowest BCUT2D eigenvalue weighted by Gasteiger charge is -2.34. The number of fused-ring (bicyclic) bond motifs is 1. The highest BCUT2D eigenvalue weighted by atomic mass is 32.1. The number of hydrogen-bond donors (Lipinski definition) is 1. The van der Waals surface area contributed by atoms with Crippen molar-refractivity contribution in [2.45, 2.75) is 20.3 Å². The van der Waals surface area contributed by atoms with Gasteiger partial charge in [-0.2, -0.15) is 0 Å². The fraction of sp³-hybridized carbons (Fsp3) is 0.412. The van der Waals surface area contributed by atoms with Gasteiger partial charge in [0, 0.05) is 28.6 Å². The lowest BCUT2D eigenvalue weighted by Crippen LogP contribution is -2.45. The number of piperidine rings is 1. The van der Waals surface area contributed by atoms with Crippen LogP contribution in [0.3, 0.4) is 0 Å². The maximum absolute atomic E-state index is 12.8. The molecule has 22 heavy (non-hydrogen) atoms. The van der Waals surface area contributed by atoms with Crippen LogP contribution in [0, 0.1) is 18.8 Å². The van der Waals surface area contributed by atoms with Crippen molar-refractivity contribution in [3.63, 3.8) is 0 Å². The summed E-state index contributed by atoms with van der Waals surface area (Å²) < 4.78 is 1.10. The minimum Gasteiger partial charge on any atom is -0.481 e. The molecule has 1 amide bonds. The zero-order valence-electron chi connectivity index (χ0n) is 12.7. The molecule has 1 fully saturated rings. The molecule has 0 radical (unpaired) electrons. The summed E-state index contributed by atoms with van der Waals surface area (Å²) in [5.41, 5.74) is 1.86. The Kier molecular flexibility index (Phi) is 3.91. The first-order valence-electron chi connectivity index (χ1n) is 7.45. The Balaban J connectivity index is 1.90. The smallest absolute Gasteiger partial charge is 0.308 e. The normalized spacial score (nSPS) is 22.0. The number of hydrogen-bond acceptors (Lipinski definition) is 3. The van der Waals surface area contributed by atoms with E-state index in [1.54, 1.807) is 16.2 Å². The second kappa shape index (κ2) is 5.72. The lowest BCUT2D eigenvalue weighted by molar-refractivity contribution is -0.143. The summed E-state index contributed by atoms with van der Waals surface area (Å²) in [6.07, 6.45) is 0.642. The van der Waals surface area contributed by atoms with E-state index in [0.29, 0.717) is 25.1 Å². The van der Waals surface area contributed by atoms with Crippen molar-refractivity contribution in [2.75, 3.05) is 13.1 Å². The summed E-state index contributed by atoms with van der Waals surface area (Å²) in [6, 6.07) is 6.07. The molecule has 1 aromatic carbocycles. The van der Waals surface area contributed by atoms with Gasteiger partial charge in [-0.05, 0) is 30.9 Å². The minimum atomic E-state index is -0.810. The fourth-order valence-electron chi connectivity index (χ4n) is 3.17. The third-order valence-corrected chi connectivity index (χ3v) is 5.20. The minimum absolute atomic E-state index is 0.0482. The van der Waals surface area contributed by atoms with Gasteiger partial charge in [-0.1, -0.05) is 19.1 Å². The summed E-state index contributed by atoms with van der Waals surface area (Å²) in [6.45, 7) is 4.97. The van der Waals surface area contributed by atoms with Gasteiger partial charge in [0.2, 0.25) is 0 Å². The highest BCUT2D eigenvalue weighted by Gasteiger charge is 2.32. The molecule has 0 bridgehead atoms. The van der Waals surface area contributed by atoms with E-state index in [1.807, 2.05) is 31.4 Å². The van der Waals surface area contributed by atoms with E-state index in [0.717, 1.165) is 10.1 Å². The number of carboxylic acids is 1. The van der Waals surface area contributed by atoms with E-state index in [9.17, 15) is 14.7 Å². The van der Waals surface area contributed by atoms with E-state index in [2.05, 4.69) is 6.07 Å². The summed E-state index contributed by atoms with van der Waals surface area (Å²) >= 11 is 1.56. The van der Waals surface area contributed by atoms with Crippen LogP contribution in [0.25, 0.3) is 10.1 Å². The molecule has 1 aliphatic rings. The fourth-order valence-corrected chi connectivity index (χ4v) is 4.20. The number of likely N-dealkylation sites (tertiary alicyclic amines) is 1. The second-order valence-corrected chi connectivity index (χ2v) is 7.15. The SMILES string of the molecule is Cc1ccc2c(C(=O)N3CC(C)CC(C(=O)O)C3)csc2c1. The van der Waals surface area contributed by atoms with Crippen LogP contribution in [0.4, 0.5) is 0 Å². The highest BCUT2D eigenvalue weighted by molar-refractivity contribution is 7.17. The van der Waals surface area contributed by atoms with Crippen LogP contribution in [-0.4, -0.2) is 35.0 Å². The van der Waals surface area contributed by atoms with Gasteiger partial charge in [-0.25, -0.2) is 0 Å². The van der Waals surface area contributed by atoms with Crippen LogP contribution in [0.15, 0.2) is 23.6 Å². The van der Waals surface area contributed by atoms with Crippen LogP contribution in [-0.2, 0) is 4.79 Å². The first kappa shape index (κ1) is 15.0. The van der Waals surface area contributed by atoms with Crippen LogP contribution in [0.1, 0.15) is 29.3 Å². The molecule has 2 heterocycles. The van der Waals surface area contributed by atoms with Crippen LogP contribution in [0.5, 0.6) is 0 Å². The largest absolute Gasteiger partial charge is 0.481 e. The van der Waals surface area contributed by atoms with E-state index < -0.39 is 11.9 Å². The number of nitrogens with zero attached hydrogens (tertiary/aromatic N) is 1. The Morgan fingerprint density at radius 2 is 2.09 bits per heavy atom. The Morgan fingerprint density at radius 1 is 1.32 bits per heavy atom. The molecule has 4 nitrogen and oxygen atoms in total. The standard InChI is InChI=1S/C17H19NO3S/c1-10-3-4-13-14(9-22-15(13)6-10)16(19)18-7-11(2)5-12(8-18)17(20)21/h3-4,6,9,11-12H,5,7-8H2,1-2H3,(H,20,21). The Hall–Kier alpha value is -1.88. The molecule has 0 spiro atoms. The Bertz CT molecular complexity index is 737. The Morgan fingerprint density at radius 3 is 2.82 bits per heavy atom. The summed E-state index contributed by atoms with van der Waals surface area (Å²) in [7, 11) is 0. The third kappa shape index (κ3) is 2.73. The number of benzene rings is 1. The number of carboxylic acid groups (broad SMARTS) is 1. The molecule has 3 rings (SSSR count). The topological polar surface area (TPSA) is 57.6 Å². The van der Waals surface area contributed by atoms with Gasteiger partial charge in [0.05, 0.1) is 11.5 Å². The Labute approximate surface area is 133 Å². The van der Waals surface area contributed by atoms with Crippen molar-refractivity contribution < 1.29 is 14.7 Å². The van der Waals surface area contributed by atoms with Crippen molar-refractivity contribution in [3.05, 3.63) is 34.7 Å². The summed E-state index contributed by atoms with van der Waals surface area (Å²) in [5, 5.41) is 12.1. The first-order chi connectivity index (χ1) is 10.5. The summed E-state index contributed by atoms with van der Waals surface area (Å²) in [5.74, 6) is -1.10. The number of thiophene rings is 1. The highest BCUT2D eigenvalue weighted by Crippen LogP contribution is 2.30. The average molecular weight is 317 g/mol. The second-order valence-electron chi connectivity index (χ2n) is 6.24. The van der Waals surface area contributed by atoms with E-state index >= 15 is 0 Å². The lowest BCUT2D eigenvalue weighted by atomic mass is 9.90. The zero-order valence-corrected chi connectivity index (χ0v) is 13.5. The number of amides is 1. The molecule has 1 aliphatic heterocycles. The van der Waals surface area contributed by atoms with E-state index in [4.69, 9.17) is 0 Å². The molecular weight excluding hydrogens is 298 g/mol. The van der Waals surface area contributed by atoms with Gasteiger partial charge in [-0.3, -0.25) is 9.59 Å². The monoisotopic (exact) mass is 317 g/mol. The van der Waals surface area contributed by atoms with Gasteiger partial charge >= 0.3 is 5.97 Å². The molecule has 1 saturated heterocycles. The molecule has 2 unspecified atom stereocenters. The molecule has 5 heteroatoms.